The van der Waals surface area contributed by atoms with Crippen molar-refractivity contribution in [3.05, 3.63) is 78.0 Å². The molecule has 126 valence electrons. The van der Waals surface area contributed by atoms with E-state index in [1.807, 2.05) is 30.3 Å². The minimum Gasteiger partial charge on any atom is -0.383 e. The number of aromatic nitrogens is 4. The minimum absolute atomic E-state index is 0.0294. The van der Waals surface area contributed by atoms with E-state index in [9.17, 15) is 9.18 Å². The standard InChI is InChI=1S/C18H16FN5O/c1-23(2)12-15(17(25)14-10-6-7-11-16(14)19)18-20-21-22-24(18)13-8-4-3-5-9-13/h3-12H,1-2H3. The van der Waals surface area contributed by atoms with Crippen molar-refractivity contribution in [2.75, 3.05) is 14.1 Å². The van der Waals surface area contributed by atoms with Gasteiger partial charge in [-0.15, -0.1) is 5.10 Å². The number of hydrogen-bond acceptors (Lipinski definition) is 5. The zero-order valence-corrected chi connectivity index (χ0v) is 13.8. The molecule has 0 spiro atoms. The molecule has 3 rings (SSSR count). The number of tetrazole rings is 1. The van der Waals surface area contributed by atoms with Crippen LogP contribution in [0, 0.1) is 5.82 Å². The van der Waals surface area contributed by atoms with Gasteiger partial charge < -0.3 is 4.90 Å². The maximum Gasteiger partial charge on any atom is 0.201 e. The van der Waals surface area contributed by atoms with E-state index in [0.29, 0.717) is 5.69 Å². The first-order valence-corrected chi connectivity index (χ1v) is 7.59. The Morgan fingerprint density at radius 1 is 1.08 bits per heavy atom. The van der Waals surface area contributed by atoms with Crippen LogP contribution >= 0.6 is 0 Å². The molecule has 0 fully saturated rings. The van der Waals surface area contributed by atoms with Gasteiger partial charge in [0.2, 0.25) is 5.78 Å². The first-order chi connectivity index (χ1) is 12.1. The molecule has 6 nitrogen and oxygen atoms in total. The van der Waals surface area contributed by atoms with Crippen molar-refractivity contribution >= 4 is 11.4 Å². The minimum atomic E-state index is -0.587. The van der Waals surface area contributed by atoms with Crippen molar-refractivity contribution in [3.8, 4) is 5.69 Å². The number of nitrogens with zero attached hydrogens (tertiary/aromatic N) is 5. The molecule has 0 aliphatic carbocycles. The van der Waals surface area contributed by atoms with E-state index < -0.39 is 11.6 Å². The maximum atomic E-state index is 14.1. The molecule has 2 aromatic carbocycles. The van der Waals surface area contributed by atoms with Crippen molar-refractivity contribution in [3.63, 3.8) is 0 Å². The normalized spacial score (nSPS) is 11.4. The quantitative estimate of drug-likeness (QED) is 0.529. The van der Waals surface area contributed by atoms with E-state index in [-0.39, 0.29) is 17.0 Å². The molecule has 0 N–H and O–H groups in total. The lowest BCUT2D eigenvalue weighted by Gasteiger charge is -2.12. The average molecular weight is 337 g/mol. The summed E-state index contributed by atoms with van der Waals surface area (Å²) in [6, 6.07) is 15.0. The topological polar surface area (TPSA) is 63.9 Å². The zero-order valence-electron chi connectivity index (χ0n) is 13.8. The Hall–Kier alpha value is -3.35. The van der Waals surface area contributed by atoms with Crippen molar-refractivity contribution in [2.24, 2.45) is 0 Å². The summed E-state index contributed by atoms with van der Waals surface area (Å²) in [6.07, 6.45) is 1.58. The number of ketones is 1. The first kappa shape index (κ1) is 16.5. The number of hydrogen-bond donors (Lipinski definition) is 0. The highest BCUT2D eigenvalue weighted by molar-refractivity contribution is 6.28. The molecule has 0 saturated heterocycles. The fourth-order valence-corrected chi connectivity index (χ4v) is 2.36. The van der Waals surface area contributed by atoms with Crippen LogP contribution in [0.4, 0.5) is 4.39 Å². The molecule has 0 unspecified atom stereocenters. The second-order valence-corrected chi connectivity index (χ2v) is 5.57. The highest BCUT2D eigenvalue weighted by Crippen LogP contribution is 2.22. The highest BCUT2D eigenvalue weighted by atomic mass is 19.1. The van der Waals surface area contributed by atoms with Crippen LogP contribution in [-0.4, -0.2) is 45.0 Å². The summed E-state index contributed by atoms with van der Waals surface area (Å²) >= 11 is 0. The molecular formula is C18H16FN5O. The summed E-state index contributed by atoms with van der Waals surface area (Å²) in [6.45, 7) is 0. The summed E-state index contributed by atoms with van der Waals surface area (Å²) in [4.78, 5) is 14.6. The Labute approximate surface area is 144 Å². The Morgan fingerprint density at radius 3 is 2.44 bits per heavy atom. The number of carbonyl (C=O) groups excluding carboxylic acids is 1. The third-order valence-corrected chi connectivity index (χ3v) is 3.46. The van der Waals surface area contributed by atoms with Crippen molar-refractivity contribution in [2.45, 2.75) is 0 Å². The van der Waals surface area contributed by atoms with Gasteiger partial charge in [0.15, 0.2) is 5.82 Å². The molecule has 0 saturated carbocycles. The number of Topliss-reactive ketones (excluding diaryl/α,β-unsaturated/α-hetero) is 1. The number of para-hydroxylation sites is 1. The predicted octanol–water partition coefficient (Wildman–Crippen LogP) is 2.59. The second kappa shape index (κ2) is 7.04. The highest BCUT2D eigenvalue weighted by Gasteiger charge is 2.23. The van der Waals surface area contributed by atoms with E-state index in [1.165, 1.54) is 22.9 Å². The van der Waals surface area contributed by atoms with Crippen LogP contribution in [0.25, 0.3) is 11.3 Å². The molecule has 1 heterocycles. The number of halogens is 1. The van der Waals surface area contributed by atoms with Crippen molar-refractivity contribution < 1.29 is 9.18 Å². The van der Waals surface area contributed by atoms with E-state index in [1.54, 1.807) is 31.3 Å². The summed E-state index contributed by atoms with van der Waals surface area (Å²) in [5.74, 6) is -0.831. The molecule has 0 bridgehead atoms. The molecule has 1 aromatic heterocycles. The van der Waals surface area contributed by atoms with E-state index in [2.05, 4.69) is 15.5 Å². The van der Waals surface area contributed by atoms with Gasteiger partial charge in [0.25, 0.3) is 0 Å². The molecule has 0 aliphatic heterocycles. The molecule has 0 radical (unpaired) electrons. The Kier molecular flexibility index (Phi) is 4.65. The number of benzene rings is 2. The molecule has 0 aliphatic rings. The number of allylic oxidation sites excluding steroid dienone is 1. The monoisotopic (exact) mass is 337 g/mol. The van der Waals surface area contributed by atoms with E-state index in [0.717, 1.165) is 0 Å². The number of rotatable bonds is 5. The summed E-state index contributed by atoms with van der Waals surface area (Å²) in [5, 5.41) is 11.6. The summed E-state index contributed by atoms with van der Waals surface area (Å²) in [5.41, 5.74) is 0.871. The van der Waals surface area contributed by atoms with Crippen LogP contribution in [0.1, 0.15) is 16.2 Å². The van der Waals surface area contributed by atoms with Gasteiger partial charge in [-0.3, -0.25) is 4.79 Å². The van der Waals surface area contributed by atoms with Gasteiger partial charge in [-0.25, -0.2) is 4.39 Å². The van der Waals surface area contributed by atoms with Gasteiger partial charge in [-0.2, -0.15) is 4.68 Å². The molecular weight excluding hydrogens is 321 g/mol. The largest absolute Gasteiger partial charge is 0.383 e. The van der Waals surface area contributed by atoms with Crippen LogP contribution in [0.5, 0.6) is 0 Å². The van der Waals surface area contributed by atoms with Crippen LogP contribution in [0.15, 0.2) is 60.8 Å². The van der Waals surface area contributed by atoms with Gasteiger partial charge in [-0.05, 0) is 34.7 Å². The van der Waals surface area contributed by atoms with Gasteiger partial charge in [0.1, 0.15) is 5.82 Å². The zero-order chi connectivity index (χ0) is 17.8. The summed E-state index contributed by atoms with van der Waals surface area (Å²) in [7, 11) is 3.54. The van der Waals surface area contributed by atoms with Crippen LogP contribution < -0.4 is 0 Å². The van der Waals surface area contributed by atoms with Gasteiger partial charge in [0, 0.05) is 20.3 Å². The Balaban J connectivity index is 2.12. The van der Waals surface area contributed by atoms with E-state index in [4.69, 9.17) is 0 Å². The molecule has 25 heavy (non-hydrogen) atoms. The molecule has 3 aromatic rings. The summed E-state index contributed by atoms with van der Waals surface area (Å²) < 4.78 is 15.5. The van der Waals surface area contributed by atoms with Crippen LogP contribution in [-0.2, 0) is 0 Å². The lowest BCUT2D eigenvalue weighted by molar-refractivity contribution is 0.105. The third-order valence-electron chi connectivity index (χ3n) is 3.46. The molecule has 0 amide bonds. The lowest BCUT2D eigenvalue weighted by atomic mass is 10.0. The first-order valence-electron chi connectivity index (χ1n) is 7.59. The van der Waals surface area contributed by atoms with Crippen LogP contribution in [0.2, 0.25) is 0 Å². The molecule has 0 atom stereocenters. The second-order valence-electron chi connectivity index (χ2n) is 5.57. The molecule has 7 heteroatoms. The Bertz CT molecular complexity index is 918. The average Bonchev–Trinajstić information content (AvgIpc) is 3.09. The fraction of sp³-hybridized carbons (Fsp3) is 0.111. The smallest absolute Gasteiger partial charge is 0.201 e. The number of carbonyl (C=O) groups is 1. The van der Waals surface area contributed by atoms with Crippen molar-refractivity contribution in [1.82, 2.24) is 25.1 Å². The lowest BCUT2D eigenvalue weighted by Crippen LogP contribution is -2.14. The predicted molar refractivity (Wildman–Crippen MR) is 91.5 cm³/mol. The fourth-order valence-electron chi connectivity index (χ4n) is 2.36. The van der Waals surface area contributed by atoms with Gasteiger partial charge >= 0.3 is 0 Å². The Morgan fingerprint density at radius 2 is 1.76 bits per heavy atom. The van der Waals surface area contributed by atoms with Crippen LogP contribution in [0.3, 0.4) is 0 Å². The SMILES string of the molecule is CN(C)C=C(C(=O)c1ccccc1F)c1nnnn1-c1ccccc1. The van der Waals surface area contributed by atoms with Gasteiger partial charge in [0.05, 0.1) is 16.8 Å². The third kappa shape index (κ3) is 3.45. The maximum absolute atomic E-state index is 14.1. The van der Waals surface area contributed by atoms with E-state index >= 15 is 0 Å². The van der Waals surface area contributed by atoms with Crippen molar-refractivity contribution in [1.29, 1.82) is 0 Å². The van der Waals surface area contributed by atoms with Gasteiger partial charge in [-0.1, -0.05) is 30.3 Å².